The molecule has 0 atom stereocenters. The van der Waals surface area contributed by atoms with Crippen LogP contribution >= 0.6 is 0 Å². The molecule has 0 unspecified atom stereocenters. The Bertz CT molecular complexity index is 2060. The van der Waals surface area contributed by atoms with Crippen molar-refractivity contribution in [2.24, 2.45) is 0 Å². The first-order valence-corrected chi connectivity index (χ1v) is 15.1. The Labute approximate surface area is 259 Å². The SMILES string of the molecule is CC1(C)c2ccccc2-c2c(-c3ccccc3N/C=C/C(=C\C(=N)c3ccccc3)c3ccccc3)cc3ccccc3c21. The van der Waals surface area contributed by atoms with Crippen molar-refractivity contribution in [3.05, 3.63) is 180 Å². The van der Waals surface area contributed by atoms with E-state index in [0.717, 1.165) is 28.0 Å². The average molecular weight is 567 g/mol. The van der Waals surface area contributed by atoms with Gasteiger partial charge in [0, 0.05) is 22.9 Å². The lowest BCUT2D eigenvalue weighted by atomic mass is 9.79. The molecule has 2 heteroatoms. The van der Waals surface area contributed by atoms with E-state index in [0.29, 0.717) is 5.71 Å². The minimum absolute atomic E-state index is 0.109. The van der Waals surface area contributed by atoms with Crippen molar-refractivity contribution in [1.82, 2.24) is 0 Å². The van der Waals surface area contributed by atoms with Gasteiger partial charge in [-0.1, -0.05) is 141 Å². The molecule has 0 bridgehead atoms. The molecule has 2 N–H and O–H groups in total. The Morgan fingerprint density at radius 3 is 2.02 bits per heavy atom. The Morgan fingerprint density at radius 2 is 1.25 bits per heavy atom. The number of benzene rings is 6. The molecule has 0 saturated carbocycles. The third kappa shape index (κ3) is 4.85. The lowest BCUT2D eigenvalue weighted by Crippen LogP contribution is -2.15. The molecule has 44 heavy (non-hydrogen) atoms. The van der Waals surface area contributed by atoms with Crippen LogP contribution in [0.1, 0.15) is 36.1 Å². The van der Waals surface area contributed by atoms with Gasteiger partial charge in [0.05, 0.1) is 5.71 Å². The summed E-state index contributed by atoms with van der Waals surface area (Å²) in [6.45, 7) is 4.70. The second kappa shape index (κ2) is 11.3. The summed E-state index contributed by atoms with van der Waals surface area (Å²) in [5.41, 5.74) is 12.1. The summed E-state index contributed by atoms with van der Waals surface area (Å²) in [7, 11) is 0. The van der Waals surface area contributed by atoms with Gasteiger partial charge >= 0.3 is 0 Å². The summed E-state index contributed by atoms with van der Waals surface area (Å²) in [4.78, 5) is 0. The number of hydrogen-bond acceptors (Lipinski definition) is 2. The second-order valence-electron chi connectivity index (χ2n) is 11.8. The van der Waals surface area contributed by atoms with Crippen molar-refractivity contribution >= 4 is 27.7 Å². The van der Waals surface area contributed by atoms with E-state index < -0.39 is 0 Å². The predicted molar refractivity (Wildman–Crippen MR) is 187 cm³/mol. The fourth-order valence-electron chi connectivity index (χ4n) is 6.65. The van der Waals surface area contributed by atoms with E-state index in [9.17, 15) is 0 Å². The van der Waals surface area contributed by atoms with Crippen molar-refractivity contribution in [3.8, 4) is 22.3 Å². The van der Waals surface area contributed by atoms with E-state index in [4.69, 9.17) is 5.41 Å². The van der Waals surface area contributed by atoms with Crippen LogP contribution in [-0.4, -0.2) is 5.71 Å². The van der Waals surface area contributed by atoms with Crippen molar-refractivity contribution in [2.45, 2.75) is 19.3 Å². The van der Waals surface area contributed by atoms with Gasteiger partial charge in [-0.2, -0.15) is 0 Å². The van der Waals surface area contributed by atoms with Crippen molar-refractivity contribution < 1.29 is 0 Å². The van der Waals surface area contributed by atoms with Crippen molar-refractivity contribution in [3.63, 3.8) is 0 Å². The highest BCUT2D eigenvalue weighted by Gasteiger charge is 2.38. The van der Waals surface area contributed by atoms with Gasteiger partial charge < -0.3 is 10.7 Å². The van der Waals surface area contributed by atoms with Gasteiger partial charge in [-0.25, -0.2) is 0 Å². The lowest BCUT2D eigenvalue weighted by molar-refractivity contribution is 0.666. The molecule has 212 valence electrons. The van der Waals surface area contributed by atoms with E-state index in [1.165, 1.54) is 38.6 Å². The maximum atomic E-state index is 8.75. The zero-order chi connectivity index (χ0) is 30.1. The van der Waals surface area contributed by atoms with Crippen molar-refractivity contribution in [1.29, 1.82) is 5.41 Å². The molecule has 0 spiro atoms. The van der Waals surface area contributed by atoms with Crippen LogP contribution in [0.15, 0.2) is 158 Å². The third-order valence-corrected chi connectivity index (χ3v) is 8.75. The largest absolute Gasteiger partial charge is 0.361 e. The van der Waals surface area contributed by atoms with Crippen LogP contribution in [0.5, 0.6) is 0 Å². The smallest absolute Gasteiger partial charge is 0.0618 e. The van der Waals surface area contributed by atoms with Gasteiger partial charge in [0.2, 0.25) is 0 Å². The lowest BCUT2D eigenvalue weighted by Gasteiger charge is -2.24. The Morgan fingerprint density at radius 1 is 0.636 bits per heavy atom. The molecule has 6 aromatic carbocycles. The van der Waals surface area contributed by atoms with E-state index in [-0.39, 0.29) is 5.41 Å². The van der Waals surface area contributed by atoms with Crippen LogP contribution in [0.4, 0.5) is 5.69 Å². The molecule has 0 aromatic heterocycles. The second-order valence-corrected chi connectivity index (χ2v) is 11.8. The fourth-order valence-corrected chi connectivity index (χ4v) is 6.65. The number of hydrogen-bond donors (Lipinski definition) is 2. The van der Waals surface area contributed by atoms with Gasteiger partial charge in [0.1, 0.15) is 0 Å². The molecule has 1 aliphatic carbocycles. The minimum atomic E-state index is -0.109. The van der Waals surface area contributed by atoms with Gasteiger partial charge in [-0.3, -0.25) is 0 Å². The zero-order valence-electron chi connectivity index (χ0n) is 25.0. The summed E-state index contributed by atoms with van der Waals surface area (Å²) < 4.78 is 0. The summed E-state index contributed by atoms with van der Waals surface area (Å²) in [5.74, 6) is 0. The quantitative estimate of drug-likeness (QED) is 0.146. The molecular formula is C42H34N2. The molecule has 0 amide bonds. The first-order chi connectivity index (χ1) is 21.5. The fraction of sp³-hybridized carbons (Fsp3) is 0.0714. The highest BCUT2D eigenvalue weighted by molar-refractivity contribution is 6.11. The highest BCUT2D eigenvalue weighted by atomic mass is 14.8. The van der Waals surface area contributed by atoms with Crippen LogP contribution < -0.4 is 5.32 Å². The Hall–Kier alpha value is -5.47. The first kappa shape index (κ1) is 27.4. The summed E-state index contributed by atoms with van der Waals surface area (Å²) in [6, 6.07) is 48.7. The zero-order valence-corrected chi connectivity index (χ0v) is 25.0. The number of fused-ring (bicyclic) bond motifs is 5. The molecule has 2 nitrogen and oxygen atoms in total. The average Bonchev–Trinajstić information content (AvgIpc) is 3.32. The minimum Gasteiger partial charge on any atom is -0.361 e. The summed E-state index contributed by atoms with van der Waals surface area (Å²) in [5, 5.41) is 14.9. The standard InChI is InChI=1S/C42H34N2/c1-42(2)37-23-13-11-22-35(37)40-36(27-32-19-9-10-20-33(32)41(40)42)34-21-12-14-24-39(34)44-26-25-31(29-15-5-3-6-16-29)28-38(43)30-17-7-4-8-18-30/h3-28,43-44H,1-2H3/b26-25+,31-28+,43-38?. The maximum Gasteiger partial charge on any atom is 0.0618 e. The molecule has 6 aromatic rings. The number of rotatable bonds is 7. The predicted octanol–water partition coefficient (Wildman–Crippen LogP) is 10.9. The van der Waals surface area contributed by atoms with Crippen LogP contribution in [0.25, 0.3) is 38.6 Å². The van der Waals surface area contributed by atoms with E-state index in [1.807, 2.05) is 60.8 Å². The number of para-hydroxylation sites is 1. The highest BCUT2D eigenvalue weighted by Crippen LogP contribution is 2.55. The molecule has 0 saturated heterocycles. The van der Waals surface area contributed by atoms with E-state index in [1.54, 1.807) is 0 Å². The van der Waals surface area contributed by atoms with E-state index in [2.05, 4.69) is 116 Å². The third-order valence-electron chi connectivity index (χ3n) is 8.75. The topological polar surface area (TPSA) is 35.9 Å². The molecule has 0 fully saturated rings. The van der Waals surface area contributed by atoms with Crippen LogP contribution in [0.3, 0.4) is 0 Å². The first-order valence-electron chi connectivity index (χ1n) is 15.1. The van der Waals surface area contributed by atoms with Crippen LogP contribution in [0.2, 0.25) is 0 Å². The van der Waals surface area contributed by atoms with Gasteiger partial charge in [0.15, 0.2) is 0 Å². The molecule has 0 radical (unpaired) electrons. The number of allylic oxidation sites excluding steroid dienone is 3. The maximum absolute atomic E-state index is 8.75. The summed E-state index contributed by atoms with van der Waals surface area (Å²) >= 11 is 0. The molecule has 0 aliphatic heterocycles. The number of anilines is 1. The van der Waals surface area contributed by atoms with Crippen molar-refractivity contribution in [2.75, 3.05) is 5.32 Å². The van der Waals surface area contributed by atoms with Gasteiger partial charge in [-0.15, -0.1) is 0 Å². The Balaban J connectivity index is 1.32. The molecule has 0 heterocycles. The van der Waals surface area contributed by atoms with Crippen LogP contribution in [0, 0.1) is 5.41 Å². The summed E-state index contributed by atoms with van der Waals surface area (Å²) in [6.07, 6.45) is 5.99. The monoisotopic (exact) mass is 566 g/mol. The molecular weight excluding hydrogens is 532 g/mol. The van der Waals surface area contributed by atoms with Gasteiger partial charge in [-0.05, 0) is 79.6 Å². The molecule has 1 aliphatic rings. The van der Waals surface area contributed by atoms with E-state index >= 15 is 0 Å². The van der Waals surface area contributed by atoms with Crippen LogP contribution in [-0.2, 0) is 5.41 Å². The molecule has 7 rings (SSSR count). The normalized spacial score (nSPS) is 13.5. The van der Waals surface area contributed by atoms with Gasteiger partial charge in [0.25, 0.3) is 0 Å². The Kier molecular flexibility index (Phi) is 7.04. The number of nitrogens with one attached hydrogen (secondary N) is 2.